The topological polar surface area (TPSA) is 151 Å². The van der Waals surface area contributed by atoms with Gasteiger partial charge in [0.15, 0.2) is 0 Å². The predicted molar refractivity (Wildman–Crippen MR) is 123 cm³/mol. The first kappa shape index (κ1) is 28.5. The minimum absolute atomic E-state index is 0.0816. The molecule has 6 N–H and O–H groups in total. The van der Waals surface area contributed by atoms with Crippen LogP contribution in [0.25, 0.3) is 0 Å². The number of thioether (sulfide) groups is 1. The number of thiol groups is 1. The number of carbonyl (C=O) groups excluding carboxylic acids is 3. The van der Waals surface area contributed by atoms with Crippen molar-refractivity contribution in [2.45, 2.75) is 64.7 Å². The molecule has 0 rings (SSSR count). The second kappa shape index (κ2) is 14.5. The molecule has 0 aromatic rings. The van der Waals surface area contributed by atoms with Crippen LogP contribution in [0.1, 0.15) is 40.5 Å². The van der Waals surface area contributed by atoms with Crippen molar-refractivity contribution in [1.82, 2.24) is 16.0 Å². The molecular formula is C19H36N4O5S2. The van der Waals surface area contributed by atoms with Gasteiger partial charge in [-0.05, 0) is 30.3 Å². The molecule has 0 aromatic carbocycles. The molecule has 0 saturated heterocycles. The zero-order valence-electron chi connectivity index (χ0n) is 18.3. The van der Waals surface area contributed by atoms with Crippen molar-refractivity contribution >= 4 is 48.1 Å². The number of nitrogens with one attached hydrogen (secondary N) is 3. The van der Waals surface area contributed by atoms with Gasteiger partial charge in [-0.1, -0.05) is 34.1 Å². The van der Waals surface area contributed by atoms with E-state index in [1.165, 1.54) is 11.8 Å². The Hall–Kier alpha value is -1.46. The number of aliphatic carboxylic acids is 1. The fourth-order valence-corrected chi connectivity index (χ4v) is 3.20. The lowest BCUT2D eigenvalue weighted by atomic mass is 9.97. The minimum Gasteiger partial charge on any atom is -0.480 e. The Kier molecular flexibility index (Phi) is 13.8. The summed E-state index contributed by atoms with van der Waals surface area (Å²) < 4.78 is 0. The van der Waals surface area contributed by atoms with Crippen molar-refractivity contribution in [3.8, 4) is 0 Å². The van der Waals surface area contributed by atoms with Crippen molar-refractivity contribution < 1.29 is 24.3 Å². The first-order chi connectivity index (χ1) is 14.0. The van der Waals surface area contributed by atoms with E-state index in [4.69, 9.17) is 10.8 Å². The Bertz CT molecular complexity index is 591. The summed E-state index contributed by atoms with van der Waals surface area (Å²) in [6.45, 7) is 7.26. The zero-order chi connectivity index (χ0) is 23.4. The fraction of sp³-hybridized carbons (Fsp3) is 0.789. The van der Waals surface area contributed by atoms with E-state index in [1.54, 1.807) is 6.92 Å². The smallest absolute Gasteiger partial charge is 0.327 e. The molecule has 9 nitrogen and oxygen atoms in total. The number of hydrogen-bond acceptors (Lipinski definition) is 7. The molecule has 174 valence electrons. The highest BCUT2D eigenvalue weighted by molar-refractivity contribution is 7.98. The van der Waals surface area contributed by atoms with Gasteiger partial charge in [0.1, 0.15) is 18.1 Å². The lowest BCUT2D eigenvalue weighted by Gasteiger charge is -2.28. The number of amides is 3. The fourth-order valence-electron chi connectivity index (χ4n) is 2.48. The molecule has 0 radical (unpaired) electrons. The summed E-state index contributed by atoms with van der Waals surface area (Å²) in [5.41, 5.74) is 5.88. The minimum atomic E-state index is -1.21. The lowest BCUT2D eigenvalue weighted by molar-refractivity contribution is -0.142. The molecule has 0 spiro atoms. The third kappa shape index (κ3) is 9.57. The Balaban J connectivity index is 5.43. The largest absolute Gasteiger partial charge is 0.480 e. The summed E-state index contributed by atoms with van der Waals surface area (Å²) in [5, 5.41) is 16.9. The second-order valence-corrected chi connectivity index (χ2v) is 8.92. The second-order valence-electron chi connectivity index (χ2n) is 7.57. The van der Waals surface area contributed by atoms with E-state index < -0.39 is 47.9 Å². The van der Waals surface area contributed by atoms with Gasteiger partial charge in [-0.3, -0.25) is 14.4 Å². The standard InChI is InChI=1S/C19H36N4O5S2/c1-6-11(4)15(18(26)22-13(9-29)19(27)28)23-16(24)12(7-8-30-5)21-17(25)14(20)10(2)3/h10-15,29H,6-9,20H2,1-5H3,(H,21,25)(H,22,26)(H,23,24)(H,27,28). The van der Waals surface area contributed by atoms with Crippen LogP contribution < -0.4 is 21.7 Å². The van der Waals surface area contributed by atoms with Crippen molar-refractivity contribution in [2.24, 2.45) is 17.6 Å². The van der Waals surface area contributed by atoms with Crippen molar-refractivity contribution in [3.05, 3.63) is 0 Å². The Labute approximate surface area is 188 Å². The monoisotopic (exact) mass is 464 g/mol. The molecule has 0 saturated carbocycles. The molecule has 11 heteroatoms. The number of hydrogen-bond donors (Lipinski definition) is 6. The average Bonchev–Trinajstić information content (AvgIpc) is 2.70. The molecule has 5 atom stereocenters. The first-order valence-electron chi connectivity index (χ1n) is 9.99. The SMILES string of the molecule is CCC(C)C(NC(=O)C(CCSC)NC(=O)C(N)C(C)C)C(=O)NC(CS)C(=O)O. The van der Waals surface area contributed by atoms with E-state index in [9.17, 15) is 19.2 Å². The summed E-state index contributed by atoms with van der Waals surface area (Å²) in [4.78, 5) is 49.1. The van der Waals surface area contributed by atoms with Crippen LogP contribution in [-0.2, 0) is 19.2 Å². The summed E-state index contributed by atoms with van der Waals surface area (Å²) in [5.74, 6) is -2.56. The summed E-state index contributed by atoms with van der Waals surface area (Å²) in [6, 6.07) is -3.72. The quantitative estimate of drug-likeness (QED) is 0.202. The van der Waals surface area contributed by atoms with E-state index in [2.05, 4.69) is 28.6 Å². The maximum atomic E-state index is 12.9. The third-order valence-electron chi connectivity index (χ3n) is 4.85. The Morgan fingerprint density at radius 1 is 1.00 bits per heavy atom. The van der Waals surface area contributed by atoms with Gasteiger partial charge in [-0.2, -0.15) is 24.4 Å². The van der Waals surface area contributed by atoms with Gasteiger partial charge in [0.2, 0.25) is 17.7 Å². The highest BCUT2D eigenvalue weighted by atomic mass is 32.2. The molecule has 0 aliphatic heterocycles. The normalized spacial score (nSPS) is 16.1. The summed E-state index contributed by atoms with van der Waals surface area (Å²) in [6.07, 6.45) is 2.83. The number of carboxylic acids is 1. The van der Waals surface area contributed by atoms with Crippen LogP contribution in [0.15, 0.2) is 0 Å². The lowest BCUT2D eigenvalue weighted by Crippen LogP contribution is -2.59. The number of carboxylic acid groups (broad SMARTS) is 1. The molecule has 30 heavy (non-hydrogen) atoms. The molecule has 3 amide bonds. The molecule has 0 aliphatic rings. The van der Waals surface area contributed by atoms with Crippen molar-refractivity contribution in [3.63, 3.8) is 0 Å². The van der Waals surface area contributed by atoms with Gasteiger partial charge in [0.25, 0.3) is 0 Å². The molecule has 5 unspecified atom stereocenters. The van der Waals surface area contributed by atoms with Crippen LogP contribution >= 0.6 is 24.4 Å². The number of carbonyl (C=O) groups is 4. The molecule has 0 fully saturated rings. The summed E-state index contributed by atoms with van der Waals surface area (Å²) in [7, 11) is 0. The maximum Gasteiger partial charge on any atom is 0.327 e. The van der Waals surface area contributed by atoms with Gasteiger partial charge < -0.3 is 26.8 Å². The van der Waals surface area contributed by atoms with E-state index in [0.717, 1.165) is 0 Å². The van der Waals surface area contributed by atoms with E-state index in [-0.39, 0.29) is 17.6 Å². The molecular weight excluding hydrogens is 428 g/mol. The van der Waals surface area contributed by atoms with Gasteiger partial charge in [0.05, 0.1) is 6.04 Å². The average molecular weight is 465 g/mol. The van der Waals surface area contributed by atoms with E-state index in [0.29, 0.717) is 18.6 Å². The molecule has 0 aromatic heterocycles. The highest BCUT2D eigenvalue weighted by Crippen LogP contribution is 2.11. The number of rotatable bonds is 14. The molecule has 0 bridgehead atoms. The number of nitrogens with two attached hydrogens (primary N) is 1. The van der Waals surface area contributed by atoms with Gasteiger partial charge in [-0.15, -0.1) is 0 Å². The molecule has 0 aliphatic carbocycles. The van der Waals surface area contributed by atoms with Crippen LogP contribution in [0.2, 0.25) is 0 Å². The van der Waals surface area contributed by atoms with Crippen LogP contribution in [0.3, 0.4) is 0 Å². The van der Waals surface area contributed by atoms with Gasteiger partial charge >= 0.3 is 5.97 Å². The van der Waals surface area contributed by atoms with Crippen LogP contribution in [0.5, 0.6) is 0 Å². The third-order valence-corrected chi connectivity index (χ3v) is 5.86. The van der Waals surface area contributed by atoms with Crippen LogP contribution in [0.4, 0.5) is 0 Å². The summed E-state index contributed by atoms with van der Waals surface area (Å²) >= 11 is 5.47. The highest BCUT2D eigenvalue weighted by Gasteiger charge is 2.32. The van der Waals surface area contributed by atoms with E-state index >= 15 is 0 Å². The molecule has 0 heterocycles. The zero-order valence-corrected chi connectivity index (χ0v) is 20.0. The van der Waals surface area contributed by atoms with Gasteiger partial charge in [0, 0.05) is 5.75 Å². The predicted octanol–water partition coefficient (Wildman–Crippen LogP) is 0.238. The Morgan fingerprint density at radius 3 is 2.00 bits per heavy atom. The van der Waals surface area contributed by atoms with Crippen LogP contribution in [0, 0.1) is 11.8 Å². The maximum absolute atomic E-state index is 12.9. The van der Waals surface area contributed by atoms with Crippen molar-refractivity contribution in [1.29, 1.82) is 0 Å². The first-order valence-corrected chi connectivity index (χ1v) is 12.0. The van der Waals surface area contributed by atoms with Crippen LogP contribution in [-0.4, -0.2) is 70.7 Å². The van der Waals surface area contributed by atoms with E-state index in [1.807, 2.05) is 27.0 Å². The van der Waals surface area contributed by atoms with Crippen molar-refractivity contribution in [2.75, 3.05) is 17.8 Å². The Morgan fingerprint density at radius 2 is 1.57 bits per heavy atom. The van der Waals surface area contributed by atoms with Gasteiger partial charge in [-0.25, -0.2) is 4.79 Å².